The minimum Gasteiger partial charge on any atom is -0.466 e. The summed E-state index contributed by atoms with van der Waals surface area (Å²) >= 11 is 0. The molecule has 1 aliphatic heterocycles. The van der Waals surface area contributed by atoms with E-state index >= 15 is 0 Å². The molecule has 0 aromatic carbocycles. The van der Waals surface area contributed by atoms with Crippen molar-refractivity contribution in [1.82, 2.24) is 15.1 Å². The summed E-state index contributed by atoms with van der Waals surface area (Å²) in [5.74, 6) is 1.15. The van der Waals surface area contributed by atoms with Gasteiger partial charge in [0.2, 0.25) is 5.91 Å². The summed E-state index contributed by atoms with van der Waals surface area (Å²) in [4.78, 5) is 20.7. The number of carbonyl (C=O) groups excluding carboxylic acids is 1. The molecule has 1 fully saturated rings. The van der Waals surface area contributed by atoms with Gasteiger partial charge in [-0.3, -0.25) is 9.79 Å². The zero-order valence-electron chi connectivity index (χ0n) is 16.0. The number of furan rings is 1. The summed E-state index contributed by atoms with van der Waals surface area (Å²) < 4.78 is 5.30. The molecule has 0 saturated carbocycles. The van der Waals surface area contributed by atoms with Crippen LogP contribution in [0.1, 0.15) is 40.4 Å². The molecule has 1 aliphatic rings. The van der Waals surface area contributed by atoms with Crippen LogP contribution in [0.15, 0.2) is 27.8 Å². The summed E-state index contributed by atoms with van der Waals surface area (Å²) in [6.07, 6.45) is 1.53. The van der Waals surface area contributed by atoms with E-state index in [0.29, 0.717) is 18.3 Å². The molecule has 7 heteroatoms. The molecule has 0 bridgehead atoms. The molecular formula is C18H30N4O3. The van der Waals surface area contributed by atoms with Gasteiger partial charge in [-0.05, 0) is 46.8 Å². The third kappa shape index (κ3) is 4.15. The number of amides is 1. The lowest BCUT2D eigenvalue weighted by molar-refractivity contribution is -0.145. The monoisotopic (exact) mass is 350 g/mol. The van der Waals surface area contributed by atoms with Crippen molar-refractivity contribution in [3.63, 3.8) is 0 Å². The second-order valence-corrected chi connectivity index (χ2v) is 7.68. The summed E-state index contributed by atoms with van der Waals surface area (Å²) in [6.45, 7) is 11.0. The van der Waals surface area contributed by atoms with E-state index < -0.39 is 5.60 Å². The molecule has 7 nitrogen and oxygen atoms in total. The van der Waals surface area contributed by atoms with E-state index in [1.54, 1.807) is 26.1 Å². The highest BCUT2D eigenvalue weighted by Crippen LogP contribution is 2.25. The van der Waals surface area contributed by atoms with Crippen molar-refractivity contribution < 1.29 is 14.3 Å². The van der Waals surface area contributed by atoms with Crippen molar-refractivity contribution in [2.75, 3.05) is 26.7 Å². The fraction of sp³-hybridized carbons (Fsp3) is 0.667. The Labute approximate surface area is 149 Å². The molecule has 1 amide bonds. The SMILES string of the molecule is CN=C(NCC(C)(O)c1ccco1)N1CC(=O)N(C(C)C)C(C)(C)C1. The number of aliphatic imine (C=N–C) groups is 1. The number of guanidine groups is 1. The highest BCUT2D eigenvalue weighted by atomic mass is 16.4. The van der Waals surface area contributed by atoms with Gasteiger partial charge in [-0.2, -0.15) is 0 Å². The molecule has 140 valence electrons. The lowest BCUT2D eigenvalue weighted by Gasteiger charge is -2.49. The zero-order chi connectivity index (χ0) is 18.8. The average Bonchev–Trinajstić information content (AvgIpc) is 3.00. The summed E-state index contributed by atoms with van der Waals surface area (Å²) in [5.41, 5.74) is -1.47. The van der Waals surface area contributed by atoms with Crippen LogP contribution in [0, 0.1) is 0 Å². The minimum absolute atomic E-state index is 0.0759. The van der Waals surface area contributed by atoms with Gasteiger partial charge < -0.3 is 24.6 Å². The molecule has 1 aromatic rings. The van der Waals surface area contributed by atoms with E-state index in [-0.39, 0.29) is 30.6 Å². The summed E-state index contributed by atoms with van der Waals surface area (Å²) in [5, 5.41) is 13.7. The second kappa shape index (κ2) is 7.07. The van der Waals surface area contributed by atoms with Crippen LogP contribution >= 0.6 is 0 Å². The number of hydrogen-bond acceptors (Lipinski definition) is 4. The Morgan fingerprint density at radius 1 is 1.52 bits per heavy atom. The van der Waals surface area contributed by atoms with Gasteiger partial charge in [0.1, 0.15) is 11.4 Å². The summed E-state index contributed by atoms with van der Waals surface area (Å²) in [6, 6.07) is 3.63. The van der Waals surface area contributed by atoms with Crippen molar-refractivity contribution >= 4 is 11.9 Å². The molecule has 2 rings (SSSR count). The fourth-order valence-corrected chi connectivity index (χ4v) is 3.57. The first-order valence-corrected chi connectivity index (χ1v) is 8.62. The fourth-order valence-electron chi connectivity index (χ4n) is 3.57. The van der Waals surface area contributed by atoms with Crippen molar-refractivity contribution in [3.8, 4) is 0 Å². The van der Waals surface area contributed by atoms with Gasteiger partial charge in [0.15, 0.2) is 5.96 Å². The summed E-state index contributed by atoms with van der Waals surface area (Å²) in [7, 11) is 1.68. The highest BCUT2D eigenvalue weighted by Gasteiger charge is 2.41. The molecule has 0 radical (unpaired) electrons. The molecule has 2 heterocycles. The Balaban J connectivity index is 2.08. The van der Waals surface area contributed by atoms with E-state index in [0.717, 1.165) is 0 Å². The molecule has 1 aromatic heterocycles. The predicted octanol–water partition coefficient (Wildman–Crippen LogP) is 1.39. The normalized spacial score (nSPS) is 20.8. The molecule has 1 unspecified atom stereocenters. The van der Waals surface area contributed by atoms with Gasteiger partial charge >= 0.3 is 0 Å². The van der Waals surface area contributed by atoms with Gasteiger partial charge in [-0.15, -0.1) is 0 Å². The number of hydrogen-bond donors (Lipinski definition) is 2. The third-order valence-corrected chi connectivity index (χ3v) is 4.50. The first kappa shape index (κ1) is 19.3. The number of aliphatic hydroxyl groups is 1. The number of rotatable bonds is 4. The second-order valence-electron chi connectivity index (χ2n) is 7.68. The van der Waals surface area contributed by atoms with Crippen LogP contribution in [0.25, 0.3) is 0 Å². The smallest absolute Gasteiger partial charge is 0.242 e. The van der Waals surface area contributed by atoms with E-state index in [1.807, 2.05) is 23.6 Å². The maximum absolute atomic E-state index is 12.6. The van der Waals surface area contributed by atoms with E-state index in [4.69, 9.17) is 4.42 Å². The lowest BCUT2D eigenvalue weighted by atomic mass is 9.96. The quantitative estimate of drug-likeness (QED) is 0.634. The van der Waals surface area contributed by atoms with Gasteiger partial charge in [0, 0.05) is 19.6 Å². The number of nitrogens with zero attached hydrogens (tertiary/aromatic N) is 3. The van der Waals surface area contributed by atoms with Gasteiger partial charge in [0.25, 0.3) is 0 Å². The topological polar surface area (TPSA) is 81.3 Å². The van der Waals surface area contributed by atoms with Crippen LogP contribution in [0.2, 0.25) is 0 Å². The molecular weight excluding hydrogens is 320 g/mol. The van der Waals surface area contributed by atoms with E-state index in [2.05, 4.69) is 24.2 Å². The third-order valence-electron chi connectivity index (χ3n) is 4.50. The van der Waals surface area contributed by atoms with Gasteiger partial charge in [-0.25, -0.2) is 0 Å². The minimum atomic E-state index is -1.17. The number of nitrogens with one attached hydrogen (secondary N) is 1. The molecule has 0 aliphatic carbocycles. The highest BCUT2D eigenvalue weighted by molar-refractivity contribution is 5.88. The average molecular weight is 350 g/mol. The van der Waals surface area contributed by atoms with Crippen LogP contribution in [0.3, 0.4) is 0 Å². The van der Waals surface area contributed by atoms with Crippen molar-refractivity contribution in [1.29, 1.82) is 0 Å². The predicted molar refractivity (Wildman–Crippen MR) is 97.3 cm³/mol. The molecule has 1 saturated heterocycles. The van der Waals surface area contributed by atoms with Crippen LogP contribution in [0.5, 0.6) is 0 Å². The van der Waals surface area contributed by atoms with E-state index in [9.17, 15) is 9.90 Å². The first-order chi connectivity index (χ1) is 11.6. The Hall–Kier alpha value is -2.02. The molecule has 25 heavy (non-hydrogen) atoms. The molecule has 1 atom stereocenters. The largest absolute Gasteiger partial charge is 0.466 e. The first-order valence-electron chi connectivity index (χ1n) is 8.62. The Morgan fingerprint density at radius 3 is 2.68 bits per heavy atom. The maximum atomic E-state index is 12.6. The molecule has 2 N–H and O–H groups in total. The van der Waals surface area contributed by atoms with Gasteiger partial charge in [0.05, 0.1) is 24.9 Å². The Morgan fingerprint density at radius 2 is 2.20 bits per heavy atom. The van der Waals surface area contributed by atoms with Crippen molar-refractivity contribution in [2.24, 2.45) is 4.99 Å². The standard InChI is InChI=1S/C18H30N4O3/c1-13(2)22-15(23)10-21(12-17(22,3)4)16(19-6)20-11-18(5,24)14-8-7-9-25-14/h7-9,13,24H,10-12H2,1-6H3,(H,19,20). The van der Waals surface area contributed by atoms with Crippen LogP contribution < -0.4 is 5.32 Å². The van der Waals surface area contributed by atoms with Crippen LogP contribution in [0.4, 0.5) is 0 Å². The zero-order valence-corrected chi connectivity index (χ0v) is 16.0. The lowest BCUT2D eigenvalue weighted by Crippen LogP contribution is -2.66. The van der Waals surface area contributed by atoms with Crippen molar-refractivity contribution in [3.05, 3.63) is 24.2 Å². The maximum Gasteiger partial charge on any atom is 0.242 e. The molecule has 0 spiro atoms. The Bertz CT molecular complexity index is 620. The number of piperazine rings is 1. The van der Waals surface area contributed by atoms with Gasteiger partial charge in [-0.1, -0.05) is 0 Å². The van der Waals surface area contributed by atoms with Crippen LogP contribution in [-0.4, -0.2) is 65.0 Å². The van der Waals surface area contributed by atoms with Crippen LogP contribution in [-0.2, 0) is 10.4 Å². The van der Waals surface area contributed by atoms with E-state index in [1.165, 1.54) is 6.26 Å². The Kier molecular flexibility index (Phi) is 5.46. The number of carbonyl (C=O) groups is 1. The van der Waals surface area contributed by atoms with Crippen molar-refractivity contribution in [2.45, 2.75) is 51.8 Å².